The smallest absolute Gasteiger partial charge is 0.0132 e. The number of hydrogen-bond donors (Lipinski definition) is 0. The van der Waals surface area contributed by atoms with Crippen molar-refractivity contribution in [1.82, 2.24) is 0 Å². The van der Waals surface area contributed by atoms with E-state index in [1.54, 1.807) is 0 Å². The van der Waals surface area contributed by atoms with Crippen molar-refractivity contribution in [3.05, 3.63) is 34.9 Å². The molecule has 90 valence electrons. The van der Waals surface area contributed by atoms with Crippen LogP contribution in [-0.4, -0.2) is 0 Å². The fourth-order valence-corrected chi connectivity index (χ4v) is 1.90. The summed E-state index contributed by atoms with van der Waals surface area (Å²) in [5.41, 5.74) is 4.97. The van der Waals surface area contributed by atoms with Crippen molar-refractivity contribution in [3.8, 4) is 0 Å². The lowest BCUT2D eigenvalue weighted by Gasteiger charge is -2.24. The molecule has 0 fully saturated rings. The molecule has 0 radical (unpaired) electrons. The molecule has 1 aromatic rings. The van der Waals surface area contributed by atoms with E-state index >= 15 is 0 Å². The van der Waals surface area contributed by atoms with Gasteiger partial charge in [0.15, 0.2) is 0 Å². The Balaban J connectivity index is 3.10. The van der Waals surface area contributed by atoms with Gasteiger partial charge in [-0.15, -0.1) is 0 Å². The molecule has 0 atom stereocenters. The molecule has 0 aliphatic carbocycles. The Morgan fingerprint density at radius 3 is 1.94 bits per heavy atom. The van der Waals surface area contributed by atoms with E-state index in [1.165, 1.54) is 16.7 Å². The first kappa shape index (κ1) is 13.3. The van der Waals surface area contributed by atoms with Gasteiger partial charge in [0, 0.05) is 0 Å². The lowest BCUT2D eigenvalue weighted by Crippen LogP contribution is -2.14. The maximum absolute atomic E-state index is 2.39. The van der Waals surface area contributed by atoms with Gasteiger partial charge in [0.05, 0.1) is 0 Å². The molecule has 16 heavy (non-hydrogen) atoms. The second-order valence-corrected chi connectivity index (χ2v) is 7.13. The monoisotopic (exact) mass is 218 g/mol. The Labute approximate surface area is 101 Å². The minimum absolute atomic E-state index is 0.250. The molecule has 0 amide bonds. The summed E-state index contributed by atoms with van der Waals surface area (Å²) in [7, 11) is 0. The predicted molar refractivity (Wildman–Crippen MR) is 73.0 cm³/mol. The molecule has 0 heterocycles. The molecule has 0 N–H and O–H groups in total. The van der Waals surface area contributed by atoms with Crippen LogP contribution in [0, 0.1) is 12.3 Å². The summed E-state index contributed by atoms with van der Waals surface area (Å²) in [5, 5.41) is 0. The molecule has 0 heteroatoms. The Morgan fingerprint density at radius 2 is 1.50 bits per heavy atom. The number of rotatable bonds is 1. The van der Waals surface area contributed by atoms with E-state index in [0.29, 0.717) is 5.41 Å². The van der Waals surface area contributed by atoms with Crippen LogP contribution in [0.25, 0.3) is 0 Å². The van der Waals surface area contributed by atoms with Gasteiger partial charge in [-0.25, -0.2) is 0 Å². The third-order valence-electron chi connectivity index (χ3n) is 2.94. The third kappa shape index (κ3) is 3.66. The predicted octanol–water partition coefficient (Wildman–Crippen LogP) is 4.88. The SMILES string of the molecule is Cc1ccc(C(C)(C)C)cc1CC(C)(C)C. The molecular formula is C16H26. The highest BCUT2D eigenvalue weighted by Gasteiger charge is 2.17. The summed E-state index contributed by atoms with van der Waals surface area (Å²) in [6.07, 6.45) is 1.16. The summed E-state index contributed by atoms with van der Waals surface area (Å²) in [6.45, 7) is 16.0. The summed E-state index contributed by atoms with van der Waals surface area (Å²) < 4.78 is 0. The molecule has 0 nitrogen and oxygen atoms in total. The van der Waals surface area contributed by atoms with Crippen molar-refractivity contribution in [3.63, 3.8) is 0 Å². The lowest BCUT2D eigenvalue weighted by molar-refractivity contribution is 0.410. The molecule has 0 spiro atoms. The van der Waals surface area contributed by atoms with E-state index in [0.717, 1.165) is 6.42 Å². The van der Waals surface area contributed by atoms with Crippen LogP contribution in [0.5, 0.6) is 0 Å². The normalized spacial score (nSPS) is 12.9. The Morgan fingerprint density at radius 1 is 0.938 bits per heavy atom. The van der Waals surface area contributed by atoms with Crippen LogP contribution < -0.4 is 0 Å². The lowest BCUT2D eigenvalue weighted by atomic mass is 9.81. The van der Waals surface area contributed by atoms with Crippen molar-refractivity contribution in [1.29, 1.82) is 0 Å². The van der Waals surface area contributed by atoms with E-state index in [1.807, 2.05) is 0 Å². The maximum Gasteiger partial charge on any atom is -0.0132 e. The van der Waals surface area contributed by atoms with E-state index in [2.05, 4.69) is 66.7 Å². The average molecular weight is 218 g/mol. The van der Waals surface area contributed by atoms with Crippen LogP contribution in [0.4, 0.5) is 0 Å². The van der Waals surface area contributed by atoms with Gasteiger partial charge in [-0.1, -0.05) is 59.7 Å². The first-order chi connectivity index (χ1) is 7.09. The van der Waals surface area contributed by atoms with E-state index in [9.17, 15) is 0 Å². The van der Waals surface area contributed by atoms with Gasteiger partial charge in [0.1, 0.15) is 0 Å². The summed E-state index contributed by atoms with van der Waals surface area (Å²) in [6, 6.07) is 6.92. The van der Waals surface area contributed by atoms with Crippen molar-refractivity contribution >= 4 is 0 Å². The van der Waals surface area contributed by atoms with Gasteiger partial charge >= 0.3 is 0 Å². The minimum Gasteiger partial charge on any atom is -0.0599 e. The van der Waals surface area contributed by atoms with Gasteiger partial charge in [0.25, 0.3) is 0 Å². The van der Waals surface area contributed by atoms with Crippen LogP contribution in [-0.2, 0) is 11.8 Å². The molecule has 0 saturated heterocycles. The van der Waals surface area contributed by atoms with Crippen LogP contribution in [0.1, 0.15) is 58.2 Å². The summed E-state index contributed by atoms with van der Waals surface area (Å²) in [5.74, 6) is 0. The fraction of sp³-hybridized carbons (Fsp3) is 0.625. The fourth-order valence-electron chi connectivity index (χ4n) is 1.90. The molecule has 0 unspecified atom stereocenters. The van der Waals surface area contributed by atoms with Crippen molar-refractivity contribution in [2.45, 2.75) is 60.3 Å². The van der Waals surface area contributed by atoms with E-state index in [4.69, 9.17) is 0 Å². The van der Waals surface area contributed by atoms with Crippen LogP contribution in [0.2, 0.25) is 0 Å². The summed E-state index contributed by atoms with van der Waals surface area (Å²) in [4.78, 5) is 0. The van der Waals surface area contributed by atoms with E-state index in [-0.39, 0.29) is 5.41 Å². The standard InChI is InChI=1S/C16H26/c1-12-8-9-14(16(5,6)7)10-13(12)11-15(2,3)4/h8-10H,11H2,1-7H3. The molecule has 0 bridgehead atoms. The minimum atomic E-state index is 0.250. The highest BCUT2D eigenvalue weighted by molar-refractivity contribution is 5.35. The van der Waals surface area contributed by atoms with Gasteiger partial charge in [-0.05, 0) is 40.9 Å². The molecule has 1 aromatic carbocycles. The summed E-state index contributed by atoms with van der Waals surface area (Å²) >= 11 is 0. The number of hydrogen-bond acceptors (Lipinski definition) is 0. The topological polar surface area (TPSA) is 0 Å². The first-order valence-electron chi connectivity index (χ1n) is 6.20. The van der Waals surface area contributed by atoms with E-state index < -0.39 is 0 Å². The second-order valence-electron chi connectivity index (χ2n) is 7.13. The highest BCUT2D eigenvalue weighted by atomic mass is 14.2. The second kappa shape index (κ2) is 4.24. The molecular weight excluding hydrogens is 192 g/mol. The Kier molecular flexibility index (Phi) is 3.52. The first-order valence-corrected chi connectivity index (χ1v) is 6.20. The van der Waals surface area contributed by atoms with Crippen LogP contribution >= 0.6 is 0 Å². The van der Waals surface area contributed by atoms with Gasteiger partial charge < -0.3 is 0 Å². The molecule has 0 aromatic heterocycles. The molecule has 0 aliphatic heterocycles. The quantitative estimate of drug-likeness (QED) is 0.630. The molecule has 0 saturated carbocycles. The van der Waals surface area contributed by atoms with Gasteiger partial charge in [-0.3, -0.25) is 0 Å². The Hall–Kier alpha value is -0.780. The zero-order chi connectivity index (χ0) is 12.6. The van der Waals surface area contributed by atoms with Crippen molar-refractivity contribution < 1.29 is 0 Å². The van der Waals surface area contributed by atoms with Crippen molar-refractivity contribution in [2.75, 3.05) is 0 Å². The van der Waals surface area contributed by atoms with Crippen molar-refractivity contribution in [2.24, 2.45) is 5.41 Å². The zero-order valence-electron chi connectivity index (χ0n) is 11.9. The molecule has 1 rings (SSSR count). The highest BCUT2D eigenvalue weighted by Crippen LogP contribution is 2.28. The third-order valence-corrected chi connectivity index (χ3v) is 2.94. The van der Waals surface area contributed by atoms with Crippen LogP contribution in [0.15, 0.2) is 18.2 Å². The van der Waals surface area contributed by atoms with Crippen LogP contribution in [0.3, 0.4) is 0 Å². The van der Waals surface area contributed by atoms with Gasteiger partial charge in [0.2, 0.25) is 0 Å². The largest absolute Gasteiger partial charge is 0.0599 e. The molecule has 0 aliphatic rings. The van der Waals surface area contributed by atoms with Gasteiger partial charge in [-0.2, -0.15) is 0 Å². The number of benzene rings is 1. The maximum atomic E-state index is 2.39. The Bertz CT molecular complexity index is 359. The zero-order valence-corrected chi connectivity index (χ0v) is 11.9. The average Bonchev–Trinajstić information content (AvgIpc) is 2.04. The number of aryl methyl sites for hydroxylation is 1.